The predicted octanol–water partition coefficient (Wildman–Crippen LogP) is 2.78. The van der Waals surface area contributed by atoms with E-state index in [1.165, 1.54) is 22.6 Å². The van der Waals surface area contributed by atoms with Gasteiger partial charge in [0.1, 0.15) is 11.3 Å². The third kappa shape index (κ3) is 4.11. The second kappa shape index (κ2) is 8.24. The van der Waals surface area contributed by atoms with Gasteiger partial charge in [-0.2, -0.15) is 0 Å². The van der Waals surface area contributed by atoms with Crippen LogP contribution in [0.5, 0.6) is 5.75 Å². The zero-order chi connectivity index (χ0) is 23.1. The van der Waals surface area contributed by atoms with Crippen LogP contribution >= 0.6 is 0 Å². The van der Waals surface area contributed by atoms with Crippen LogP contribution in [0.15, 0.2) is 47.4 Å². The van der Waals surface area contributed by atoms with Gasteiger partial charge in [0, 0.05) is 13.0 Å². The average Bonchev–Trinajstić information content (AvgIpc) is 3.20. The molecule has 2 aromatic rings. The lowest BCUT2D eigenvalue weighted by molar-refractivity contribution is -0.156. The minimum Gasteiger partial charge on any atom is -0.493 e. The van der Waals surface area contributed by atoms with Crippen molar-refractivity contribution >= 4 is 21.8 Å². The van der Waals surface area contributed by atoms with Crippen molar-refractivity contribution in [1.82, 2.24) is 9.62 Å². The molecular formula is C24H28N2O5S. The predicted molar refractivity (Wildman–Crippen MR) is 120 cm³/mol. The maximum atomic E-state index is 12.9. The van der Waals surface area contributed by atoms with Gasteiger partial charge in [0.05, 0.1) is 17.9 Å². The molecule has 170 valence electrons. The number of sulfonamides is 1. The van der Waals surface area contributed by atoms with Crippen LogP contribution in [-0.2, 0) is 32.5 Å². The van der Waals surface area contributed by atoms with Crippen LogP contribution in [0.3, 0.4) is 0 Å². The first-order chi connectivity index (χ1) is 15.1. The second-order valence-corrected chi connectivity index (χ2v) is 10.6. The number of nitrogens with zero attached hydrogens (tertiary/aromatic N) is 1. The van der Waals surface area contributed by atoms with Crippen molar-refractivity contribution in [2.45, 2.75) is 56.4 Å². The van der Waals surface area contributed by atoms with Crippen molar-refractivity contribution in [3.05, 3.63) is 59.2 Å². The Balaban J connectivity index is 1.44. The van der Waals surface area contributed by atoms with Crippen LogP contribution < -0.4 is 9.46 Å². The van der Waals surface area contributed by atoms with Gasteiger partial charge in [-0.1, -0.05) is 38.1 Å². The lowest BCUT2D eigenvalue weighted by Crippen LogP contribution is -2.68. The van der Waals surface area contributed by atoms with Crippen LogP contribution in [-0.4, -0.2) is 43.8 Å². The first-order valence-electron chi connectivity index (χ1n) is 10.8. The van der Waals surface area contributed by atoms with Gasteiger partial charge in [0.15, 0.2) is 0 Å². The highest BCUT2D eigenvalue weighted by Crippen LogP contribution is 2.32. The quantitative estimate of drug-likeness (QED) is 0.722. The van der Waals surface area contributed by atoms with Crippen LogP contribution in [0, 0.1) is 0 Å². The van der Waals surface area contributed by atoms with Gasteiger partial charge in [-0.3, -0.25) is 9.59 Å². The number of nitrogens with one attached hydrogen (secondary N) is 1. The number of hydrogen-bond donors (Lipinski definition) is 1. The van der Waals surface area contributed by atoms with E-state index in [4.69, 9.17) is 4.74 Å². The summed E-state index contributed by atoms with van der Waals surface area (Å²) in [6.07, 6.45) is 1.20. The molecule has 8 heteroatoms. The molecule has 0 saturated carbocycles. The molecule has 0 spiro atoms. The van der Waals surface area contributed by atoms with Crippen LogP contribution in [0.25, 0.3) is 0 Å². The number of fused-ring (bicyclic) bond motifs is 1. The molecule has 2 aromatic carbocycles. The molecular weight excluding hydrogens is 428 g/mol. The summed E-state index contributed by atoms with van der Waals surface area (Å²) in [6.45, 7) is 6.75. The fourth-order valence-electron chi connectivity index (χ4n) is 4.11. The monoisotopic (exact) mass is 456 g/mol. The van der Waals surface area contributed by atoms with Crippen LogP contribution in [0.2, 0.25) is 0 Å². The van der Waals surface area contributed by atoms with Crippen molar-refractivity contribution in [3.8, 4) is 5.75 Å². The normalized spacial score (nSPS) is 19.8. The number of benzene rings is 2. The van der Waals surface area contributed by atoms with Gasteiger partial charge in [-0.05, 0) is 54.2 Å². The average molecular weight is 457 g/mol. The summed E-state index contributed by atoms with van der Waals surface area (Å²) in [6, 6.07) is 12.4. The Morgan fingerprint density at radius 1 is 1.16 bits per heavy atom. The third-order valence-electron chi connectivity index (χ3n) is 6.41. The van der Waals surface area contributed by atoms with Crippen LogP contribution in [0.4, 0.5) is 0 Å². The fraction of sp³-hybridized carbons (Fsp3) is 0.417. The molecule has 0 bridgehead atoms. The van der Waals surface area contributed by atoms with E-state index in [0.29, 0.717) is 37.7 Å². The van der Waals surface area contributed by atoms with Gasteiger partial charge in [-0.25, -0.2) is 13.1 Å². The molecule has 1 fully saturated rings. The Labute approximate surface area is 188 Å². The second-order valence-electron chi connectivity index (χ2n) is 8.94. The Hall–Kier alpha value is -2.87. The van der Waals surface area contributed by atoms with Crippen molar-refractivity contribution in [3.63, 3.8) is 0 Å². The van der Waals surface area contributed by atoms with Gasteiger partial charge < -0.3 is 9.64 Å². The zero-order valence-corrected chi connectivity index (χ0v) is 19.4. The lowest BCUT2D eigenvalue weighted by atomic mass is 9.85. The summed E-state index contributed by atoms with van der Waals surface area (Å²) in [4.78, 5) is 27.3. The number of rotatable bonds is 6. The summed E-state index contributed by atoms with van der Waals surface area (Å²) in [7, 11) is -4.05. The van der Waals surface area contributed by atoms with Crippen LogP contribution in [0.1, 0.15) is 49.8 Å². The highest BCUT2D eigenvalue weighted by atomic mass is 32.2. The maximum Gasteiger partial charge on any atom is 0.264 e. The number of ether oxygens (including phenoxy) is 1. The summed E-state index contributed by atoms with van der Waals surface area (Å²) in [5, 5.41) is 0. The molecule has 0 aromatic heterocycles. The molecule has 2 aliphatic rings. The van der Waals surface area contributed by atoms with E-state index in [1.54, 1.807) is 13.0 Å². The van der Waals surface area contributed by atoms with E-state index in [-0.39, 0.29) is 17.2 Å². The maximum absolute atomic E-state index is 12.9. The van der Waals surface area contributed by atoms with Crippen molar-refractivity contribution in [2.75, 3.05) is 13.2 Å². The highest BCUT2D eigenvalue weighted by Gasteiger charge is 2.50. The molecule has 4 rings (SSSR count). The first-order valence-corrected chi connectivity index (χ1v) is 12.3. The largest absolute Gasteiger partial charge is 0.493 e. The lowest BCUT2D eigenvalue weighted by Gasteiger charge is -2.49. The van der Waals surface area contributed by atoms with Crippen molar-refractivity contribution in [2.24, 2.45) is 0 Å². The standard InChI is InChI=1S/C24H28N2O5S/c1-16(2)18-6-4-17(5-7-18)14-22(27)26-12-11-24(26,3)23(28)25-32(29,30)20-8-9-21-19(15-20)10-13-31-21/h4-9,15-16H,10-14H2,1-3H3,(H,25,28). The summed E-state index contributed by atoms with van der Waals surface area (Å²) < 4.78 is 33.2. The number of hydrogen-bond acceptors (Lipinski definition) is 5. The highest BCUT2D eigenvalue weighted by molar-refractivity contribution is 7.90. The molecule has 0 radical (unpaired) electrons. The Morgan fingerprint density at radius 3 is 2.50 bits per heavy atom. The number of amides is 2. The van der Waals surface area contributed by atoms with E-state index >= 15 is 0 Å². The molecule has 32 heavy (non-hydrogen) atoms. The summed E-state index contributed by atoms with van der Waals surface area (Å²) in [5.74, 6) is 0.184. The fourth-order valence-corrected chi connectivity index (χ4v) is 5.23. The van der Waals surface area contributed by atoms with E-state index in [9.17, 15) is 18.0 Å². The molecule has 1 unspecified atom stereocenters. The van der Waals surface area contributed by atoms with E-state index < -0.39 is 21.5 Å². The summed E-state index contributed by atoms with van der Waals surface area (Å²) >= 11 is 0. The molecule has 0 aliphatic carbocycles. The van der Waals surface area contributed by atoms with Crippen molar-refractivity contribution < 1.29 is 22.7 Å². The zero-order valence-electron chi connectivity index (χ0n) is 18.6. The van der Waals surface area contributed by atoms with Crippen molar-refractivity contribution in [1.29, 1.82) is 0 Å². The first kappa shape index (κ1) is 22.3. The number of likely N-dealkylation sites (tertiary alicyclic amines) is 1. The summed E-state index contributed by atoms with van der Waals surface area (Å²) in [5.41, 5.74) is 1.66. The molecule has 2 aliphatic heterocycles. The van der Waals surface area contributed by atoms with E-state index in [2.05, 4.69) is 18.6 Å². The Bertz CT molecular complexity index is 1160. The van der Waals surface area contributed by atoms with E-state index in [1.807, 2.05) is 24.3 Å². The number of carbonyl (C=O) groups excluding carboxylic acids is 2. The number of carbonyl (C=O) groups is 2. The smallest absolute Gasteiger partial charge is 0.264 e. The van der Waals surface area contributed by atoms with Gasteiger partial charge in [0.2, 0.25) is 5.91 Å². The van der Waals surface area contributed by atoms with E-state index in [0.717, 1.165) is 11.1 Å². The van der Waals surface area contributed by atoms with Gasteiger partial charge >= 0.3 is 0 Å². The molecule has 1 saturated heterocycles. The minimum atomic E-state index is -4.05. The SMILES string of the molecule is CC(C)c1ccc(CC(=O)N2CCC2(C)C(=O)NS(=O)(=O)c2ccc3c(c2)CCO3)cc1. The molecule has 2 heterocycles. The molecule has 2 amide bonds. The molecule has 1 atom stereocenters. The van der Waals surface area contributed by atoms with Gasteiger partial charge in [0.25, 0.3) is 15.9 Å². The topological polar surface area (TPSA) is 92.8 Å². The Kier molecular flexibility index (Phi) is 5.75. The Morgan fingerprint density at radius 2 is 1.88 bits per heavy atom. The third-order valence-corrected chi connectivity index (χ3v) is 7.74. The minimum absolute atomic E-state index is 0.0149. The molecule has 1 N–H and O–H groups in total. The van der Waals surface area contributed by atoms with Gasteiger partial charge in [-0.15, -0.1) is 0 Å². The molecule has 7 nitrogen and oxygen atoms in total.